The second kappa shape index (κ2) is 7.37. The summed E-state index contributed by atoms with van der Waals surface area (Å²) in [6, 6.07) is 24.6. The van der Waals surface area contributed by atoms with Crippen molar-refractivity contribution in [3.8, 4) is 16.9 Å². The Balaban J connectivity index is 1.44. The van der Waals surface area contributed by atoms with E-state index >= 15 is 0 Å². The van der Waals surface area contributed by atoms with Gasteiger partial charge in [0.2, 0.25) is 5.91 Å². The molecule has 3 aromatic carbocycles. The topological polar surface area (TPSA) is 50.4 Å². The molecule has 4 heteroatoms. The summed E-state index contributed by atoms with van der Waals surface area (Å²) in [6.45, 7) is 2.19. The van der Waals surface area contributed by atoms with E-state index in [2.05, 4.69) is 41.0 Å². The van der Waals surface area contributed by atoms with Crippen LogP contribution in [0.1, 0.15) is 17.5 Å². The lowest BCUT2D eigenvalue weighted by molar-refractivity contribution is -0.125. The average Bonchev–Trinajstić information content (AvgIpc) is 3.23. The summed E-state index contributed by atoms with van der Waals surface area (Å²) in [4.78, 5) is 12.6. The lowest BCUT2D eigenvalue weighted by Gasteiger charge is -2.33. The predicted molar refractivity (Wildman–Crippen MR) is 115 cm³/mol. The van der Waals surface area contributed by atoms with Crippen LogP contribution in [0.2, 0.25) is 0 Å². The quantitative estimate of drug-likeness (QED) is 0.701. The standard InChI is InChI=1S/C25H24N2O2/c28-24-25(12-13-26-17-25)15-20-14-19(10-11-22(20)27-24)21-8-4-5-9-23(21)29-16-18-6-2-1-3-7-18/h1-11,14,26H,12-13,15-17H2,(H,27,28). The molecule has 1 atom stereocenters. The Labute approximate surface area is 170 Å². The van der Waals surface area contributed by atoms with E-state index in [1.165, 1.54) is 5.56 Å². The number of hydrogen-bond acceptors (Lipinski definition) is 3. The van der Waals surface area contributed by atoms with Crippen LogP contribution in [-0.4, -0.2) is 19.0 Å². The molecule has 1 fully saturated rings. The molecule has 146 valence electrons. The number of carbonyl (C=O) groups excluding carboxylic acids is 1. The van der Waals surface area contributed by atoms with Crippen molar-refractivity contribution in [2.24, 2.45) is 5.41 Å². The Morgan fingerprint density at radius 1 is 0.966 bits per heavy atom. The first-order valence-electron chi connectivity index (χ1n) is 10.1. The van der Waals surface area contributed by atoms with Gasteiger partial charge in [-0.3, -0.25) is 4.79 Å². The number of carbonyl (C=O) groups is 1. The van der Waals surface area contributed by atoms with Gasteiger partial charge in [-0.1, -0.05) is 54.6 Å². The summed E-state index contributed by atoms with van der Waals surface area (Å²) in [6.07, 6.45) is 1.67. The SMILES string of the molecule is O=C1Nc2ccc(-c3ccccc3OCc3ccccc3)cc2CC12CCNC2. The number of amides is 1. The minimum Gasteiger partial charge on any atom is -0.488 e. The van der Waals surface area contributed by atoms with Crippen molar-refractivity contribution in [2.75, 3.05) is 18.4 Å². The maximum atomic E-state index is 12.6. The summed E-state index contributed by atoms with van der Waals surface area (Å²) in [5.74, 6) is 1.02. The molecule has 5 rings (SSSR count). The van der Waals surface area contributed by atoms with E-state index in [1.54, 1.807) is 0 Å². The Morgan fingerprint density at radius 2 is 1.79 bits per heavy atom. The van der Waals surface area contributed by atoms with Gasteiger partial charge >= 0.3 is 0 Å². The number of hydrogen-bond donors (Lipinski definition) is 2. The van der Waals surface area contributed by atoms with Crippen molar-refractivity contribution < 1.29 is 9.53 Å². The zero-order valence-electron chi connectivity index (χ0n) is 16.3. The molecular weight excluding hydrogens is 360 g/mol. The van der Waals surface area contributed by atoms with Crippen LogP contribution >= 0.6 is 0 Å². The summed E-state index contributed by atoms with van der Waals surface area (Å²) >= 11 is 0. The summed E-state index contributed by atoms with van der Waals surface area (Å²) < 4.78 is 6.15. The number of fused-ring (bicyclic) bond motifs is 1. The van der Waals surface area contributed by atoms with Crippen molar-refractivity contribution in [3.63, 3.8) is 0 Å². The monoisotopic (exact) mass is 384 g/mol. The summed E-state index contributed by atoms with van der Waals surface area (Å²) in [7, 11) is 0. The van der Waals surface area contributed by atoms with E-state index < -0.39 is 0 Å². The van der Waals surface area contributed by atoms with Gasteiger partial charge in [0.15, 0.2) is 0 Å². The first-order valence-corrected chi connectivity index (χ1v) is 10.1. The van der Waals surface area contributed by atoms with E-state index in [0.29, 0.717) is 6.61 Å². The van der Waals surface area contributed by atoms with Crippen molar-refractivity contribution in [2.45, 2.75) is 19.4 Å². The lowest BCUT2D eigenvalue weighted by atomic mass is 9.76. The maximum Gasteiger partial charge on any atom is 0.232 e. The molecule has 0 radical (unpaired) electrons. The summed E-state index contributed by atoms with van der Waals surface area (Å²) in [5.41, 5.74) is 5.15. The van der Waals surface area contributed by atoms with Crippen LogP contribution in [-0.2, 0) is 17.8 Å². The highest BCUT2D eigenvalue weighted by Crippen LogP contribution is 2.40. The van der Waals surface area contributed by atoms with Gasteiger partial charge in [0.05, 0.1) is 5.41 Å². The Kier molecular flexibility index (Phi) is 4.57. The third-order valence-electron chi connectivity index (χ3n) is 6.04. The van der Waals surface area contributed by atoms with E-state index in [9.17, 15) is 4.79 Å². The molecule has 1 spiro atoms. The van der Waals surface area contributed by atoms with Crippen molar-refractivity contribution in [1.82, 2.24) is 5.32 Å². The smallest absolute Gasteiger partial charge is 0.232 e. The molecule has 1 saturated heterocycles. The van der Waals surface area contributed by atoms with Gasteiger partial charge in [0, 0.05) is 17.8 Å². The number of benzene rings is 3. The molecule has 3 aromatic rings. The fourth-order valence-corrected chi connectivity index (χ4v) is 4.38. The van der Waals surface area contributed by atoms with E-state index in [4.69, 9.17) is 4.74 Å². The van der Waals surface area contributed by atoms with Crippen molar-refractivity contribution in [3.05, 3.63) is 83.9 Å². The van der Waals surface area contributed by atoms with Gasteiger partial charge in [-0.15, -0.1) is 0 Å². The van der Waals surface area contributed by atoms with Crippen LogP contribution in [0.25, 0.3) is 11.1 Å². The maximum absolute atomic E-state index is 12.6. The molecule has 29 heavy (non-hydrogen) atoms. The Bertz CT molecular complexity index is 1040. The second-order valence-electron chi connectivity index (χ2n) is 7.98. The first-order chi connectivity index (χ1) is 14.2. The van der Waals surface area contributed by atoms with Gasteiger partial charge in [0.25, 0.3) is 0 Å². The van der Waals surface area contributed by atoms with Gasteiger partial charge < -0.3 is 15.4 Å². The predicted octanol–water partition coefficient (Wildman–Crippen LogP) is 4.41. The van der Waals surface area contributed by atoms with Crippen LogP contribution in [0.3, 0.4) is 0 Å². The molecule has 2 heterocycles. The van der Waals surface area contributed by atoms with E-state index in [1.807, 2.05) is 42.5 Å². The number of anilines is 1. The number of rotatable bonds is 4. The molecule has 0 bridgehead atoms. The second-order valence-corrected chi connectivity index (χ2v) is 7.98. The molecule has 0 aromatic heterocycles. The number of ether oxygens (including phenoxy) is 1. The first kappa shape index (κ1) is 18.0. The largest absolute Gasteiger partial charge is 0.488 e. The molecule has 4 nitrogen and oxygen atoms in total. The zero-order chi connectivity index (χ0) is 19.7. The Hall–Kier alpha value is -3.11. The van der Waals surface area contributed by atoms with Gasteiger partial charge in [-0.25, -0.2) is 0 Å². The third kappa shape index (κ3) is 3.40. The van der Waals surface area contributed by atoms with E-state index in [-0.39, 0.29) is 11.3 Å². The fourth-order valence-electron chi connectivity index (χ4n) is 4.38. The average molecular weight is 384 g/mol. The lowest BCUT2D eigenvalue weighted by Crippen LogP contribution is -2.43. The zero-order valence-corrected chi connectivity index (χ0v) is 16.3. The molecule has 2 aliphatic rings. The van der Waals surface area contributed by atoms with Crippen LogP contribution in [0.5, 0.6) is 5.75 Å². The van der Waals surface area contributed by atoms with Gasteiger partial charge in [-0.2, -0.15) is 0 Å². The summed E-state index contributed by atoms with van der Waals surface area (Å²) in [5, 5.41) is 6.47. The normalized spacial score (nSPS) is 20.3. The third-order valence-corrected chi connectivity index (χ3v) is 6.04. The minimum absolute atomic E-state index is 0.148. The van der Waals surface area contributed by atoms with Crippen LogP contribution < -0.4 is 15.4 Å². The highest BCUT2D eigenvalue weighted by atomic mass is 16.5. The van der Waals surface area contributed by atoms with Crippen molar-refractivity contribution in [1.29, 1.82) is 0 Å². The van der Waals surface area contributed by atoms with Crippen LogP contribution in [0.4, 0.5) is 5.69 Å². The molecule has 2 aliphatic heterocycles. The highest BCUT2D eigenvalue weighted by molar-refractivity contribution is 5.99. The molecular formula is C25H24N2O2. The number of nitrogens with one attached hydrogen (secondary N) is 2. The molecule has 1 unspecified atom stereocenters. The van der Waals surface area contributed by atoms with Crippen LogP contribution in [0.15, 0.2) is 72.8 Å². The molecule has 2 N–H and O–H groups in total. The molecule has 1 amide bonds. The van der Waals surface area contributed by atoms with Gasteiger partial charge in [-0.05, 0) is 54.3 Å². The minimum atomic E-state index is -0.311. The number of para-hydroxylation sites is 1. The highest BCUT2D eigenvalue weighted by Gasteiger charge is 2.44. The van der Waals surface area contributed by atoms with Crippen LogP contribution in [0, 0.1) is 5.41 Å². The molecule has 0 saturated carbocycles. The molecule has 0 aliphatic carbocycles. The Morgan fingerprint density at radius 3 is 2.62 bits per heavy atom. The van der Waals surface area contributed by atoms with E-state index in [0.717, 1.165) is 54.1 Å². The van der Waals surface area contributed by atoms with Crippen molar-refractivity contribution >= 4 is 11.6 Å². The van der Waals surface area contributed by atoms with Gasteiger partial charge in [0.1, 0.15) is 12.4 Å². The fraction of sp³-hybridized carbons (Fsp3) is 0.240.